The van der Waals surface area contributed by atoms with Crippen LogP contribution < -0.4 is 5.32 Å². The fourth-order valence-electron chi connectivity index (χ4n) is 1.88. The highest BCUT2D eigenvalue weighted by atomic mass is 16.6. The van der Waals surface area contributed by atoms with Crippen LogP contribution in [0.5, 0.6) is 0 Å². The lowest BCUT2D eigenvalue weighted by Gasteiger charge is -2.18. The monoisotopic (exact) mass is 185 g/mol. The number of rotatable bonds is 0. The molecular formula is C9H15NO3. The molecule has 1 saturated heterocycles. The highest BCUT2D eigenvalue weighted by molar-refractivity contribution is 5.53. The van der Waals surface area contributed by atoms with Gasteiger partial charge < -0.3 is 15.5 Å². The van der Waals surface area contributed by atoms with E-state index in [-0.39, 0.29) is 0 Å². The molecule has 0 aromatic heterocycles. The molecule has 0 saturated carbocycles. The van der Waals surface area contributed by atoms with Crippen molar-refractivity contribution in [2.75, 3.05) is 6.54 Å². The summed E-state index contributed by atoms with van der Waals surface area (Å²) >= 11 is 0. The van der Waals surface area contributed by atoms with Crippen molar-refractivity contribution in [1.82, 2.24) is 5.32 Å². The molecule has 1 heterocycles. The van der Waals surface area contributed by atoms with E-state index in [1.165, 1.54) is 25.8 Å². The Bertz CT molecular complexity index is 199. The summed E-state index contributed by atoms with van der Waals surface area (Å²) in [6.07, 6.45) is 6.92. The van der Waals surface area contributed by atoms with Gasteiger partial charge in [0.25, 0.3) is 0 Å². The lowest BCUT2D eigenvalue weighted by atomic mass is 9.91. The van der Waals surface area contributed by atoms with E-state index in [1.54, 1.807) is 0 Å². The molecular weight excluding hydrogens is 170 g/mol. The van der Waals surface area contributed by atoms with Crippen LogP contribution in [0.3, 0.4) is 0 Å². The molecule has 1 fully saturated rings. The van der Waals surface area contributed by atoms with E-state index >= 15 is 0 Å². The summed E-state index contributed by atoms with van der Waals surface area (Å²) < 4.78 is 0. The zero-order chi connectivity index (χ0) is 9.68. The van der Waals surface area contributed by atoms with E-state index in [1.807, 2.05) is 0 Å². The Morgan fingerprint density at radius 3 is 2.69 bits per heavy atom. The van der Waals surface area contributed by atoms with Crippen molar-refractivity contribution in [2.45, 2.75) is 25.3 Å². The molecule has 1 aliphatic carbocycles. The molecule has 74 valence electrons. The Kier molecular flexibility index (Phi) is 3.76. The van der Waals surface area contributed by atoms with Gasteiger partial charge in [0.15, 0.2) is 0 Å². The summed E-state index contributed by atoms with van der Waals surface area (Å²) in [5.74, 6) is 0.968. The predicted molar refractivity (Wildman–Crippen MR) is 48.9 cm³/mol. The molecule has 0 bridgehead atoms. The van der Waals surface area contributed by atoms with E-state index in [4.69, 9.17) is 15.0 Å². The molecule has 4 heteroatoms. The molecule has 4 nitrogen and oxygen atoms in total. The third-order valence-corrected chi connectivity index (χ3v) is 2.45. The molecule has 0 aromatic rings. The molecule has 0 spiro atoms. The Labute approximate surface area is 77.3 Å². The summed E-state index contributed by atoms with van der Waals surface area (Å²) in [5.41, 5.74) is 0. The molecule has 0 unspecified atom stereocenters. The number of allylic oxidation sites excluding steroid dienone is 1. The van der Waals surface area contributed by atoms with Crippen molar-refractivity contribution in [3.8, 4) is 0 Å². The van der Waals surface area contributed by atoms with Gasteiger partial charge in [-0.3, -0.25) is 0 Å². The van der Waals surface area contributed by atoms with E-state index < -0.39 is 6.16 Å². The number of carboxylic acid groups (broad SMARTS) is 2. The maximum atomic E-state index is 8.56. The molecule has 0 aromatic carbocycles. The standard InChI is InChI=1S/C8H13N.CH2O3/c1-2-4-8-7(3-1)5-6-9-8;2-1(3)4/h2,4,7-9H,1,3,5-6H2;(H2,2,3,4)/t7-,8-;/m0./s1. The number of nitrogens with one attached hydrogen (secondary N) is 1. The number of fused-ring (bicyclic) bond motifs is 1. The maximum absolute atomic E-state index is 8.56. The van der Waals surface area contributed by atoms with E-state index in [0.717, 1.165) is 12.0 Å². The van der Waals surface area contributed by atoms with E-state index in [2.05, 4.69) is 17.5 Å². The minimum atomic E-state index is -1.83. The van der Waals surface area contributed by atoms with Crippen LogP contribution in [-0.4, -0.2) is 29.0 Å². The Balaban J connectivity index is 0.000000184. The van der Waals surface area contributed by atoms with Gasteiger partial charge in [-0.05, 0) is 31.7 Å². The van der Waals surface area contributed by atoms with Gasteiger partial charge >= 0.3 is 6.16 Å². The van der Waals surface area contributed by atoms with Crippen LogP contribution in [0.4, 0.5) is 4.79 Å². The number of carbonyl (C=O) groups is 1. The Morgan fingerprint density at radius 2 is 2.08 bits per heavy atom. The summed E-state index contributed by atoms with van der Waals surface area (Å²) in [5, 5.41) is 17.4. The Hall–Kier alpha value is -1.03. The molecule has 13 heavy (non-hydrogen) atoms. The van der Waals surface area contributed by atoms with Gasteiger partial charge in [0.1, 0.15) is 0 Å². The predicted octanol–water partition coefficient (Wildman–Crippen LogP) is 1.54. The van der Waals surface area contributed by atoms with Crippen molar-refractivity contribution in [2.24, 2.45) is 5.92 Å². The van der Waals surface area contributed by atoms with Crippen LogP contribution in [0.1, 0.15) is 19.3 Å². The average Bonchev–Trinajstić information content (AvgIpc) is 2.49. The molecule has 1 aliphatic heterocycles. The highest BCUT2D eigenvalue weighted by Crippen LogP contribution is 2.25. The van der Waals surface area contributed by atoms with Crippen LogP contribution in [0, 0.1) is 5.92 Å². The highest BCUT2D eigenvalue weighted by Gasteiger charge is 2.25. The third kappa shape index (κ3) is 3.46. The number of hydrogen-bond acceptors (Lipinski definition) is 2. The largest absolute Gasteiger partial charge is 0.503 e. The van der Waals surface area contributed by atoms with E-state index in [0.29, 0.717) is 0 Å². The van der Waals surface area contributed by atoms with Crippen LogP contribution in [0.25, 0.3) is 0 Å². The summed E-state index contributed by atoms with van der Waals surface area (Å²) in [4.78, 5) is 8.56. The quantitative estimate of drug-likeness (QED) is 0.501. The van der Waals surface area contributed by atoms with Crippen molar-refractivity contribution in [3.05, 3.63) is 12.2 Å². The van der Waals surface area contributed by atoms with Crippen molar-refractivity contribution >= 4 is 6.16 Å². The first-order chi connectivity index (χ1) is 6.20. The van der Waals surface area contributed by atoms with Gasteiger partial charge in [-0.15, -0.1) is 0 Å². The van der Waals surface area contributed by atoms with Crippen LogP contribution >= 0.6 is 0 Å². The minimum Gasteiger partial charge on any atom is -0.450 e. The first kappa shape index (κ1) is 10.1. The van der Waals surface area contributed by atoms with Crippen molar-refractivity contribution < 1.29 is 15.0 Å². The molecule has 0 amide bonds. The molecule has 2 rings (SSSR count). The minimum absolute atomic E-state index is 0.735. The van der Waals surface area contributed by atoms with Gasteiger partial charge in [0, 0.05) is 6.04 Å². The van der Waals surface area contributed by atoms with Gasteiger partial charge in [-0.25, -0.2) is 4.79 Å². The molecule has 0 radical (unpaired) electrons. The number of hydrogen-bond donors (Lipinski definition) is 3. The van der Waals surface area contributed by atoms with Gasteiger partial charge in [-0.2, -0.15) is 0 Å². The second kappa shape index (κ2) is 4.87. The van der Waals surface area contributed by atoms with Crippen LogP contribution in [0.2, 0.25) is 0 Å². The lowest BCUT2D eigenvalue weighted by Crippen LogP contribution is -2.25. The molecule has 2 aliphatic rings. The lowest BCUT2D eigenvalue weighted by molar-refractivity contribution is 0.137. The fourth-order valence-corrected chi connectivity index (χ4v) is 1.88. The average molecular weight is 185 g/mol. The van der Waals surface area contributed by atoms with Gasteiger partial charge in [0.2, 0.25) is 0 Å². The first-order valence-corrected chi connectivity index (χ1v) is 4.52. The third-order valence-electron chi connectivity index (χ3n) is 2.45. The Morgan fingerprint density at radius 1 is 1.38 bits per heavy atom. The smallest absolute Gasteiger partial charge is 0.450 e. The van der Waals surface area contributed by atoms with Crippen molar-refractivity contribution in [3.63, 3.8) is 0 Å². The maximum Gasteiger partial charge on any atom is 0.503 e. The normalized spacial score (nSPS) is 30.2. The SMILES string of the molecule is C1=C[C@@H]2NCC[C@@H]2CC1.O=C(O)O. The van der Waals surface area contributed by atoms with Crippen molar-refractivity contribution in [1.29, 1.82) is 0 Å². The van der Waals surface area contributed by atoms with Crippen LogP contribution in [-0.2, 0) is 0 Å². The summed E-state index contributed by atoms with van der Waals surface area (Å²) in [6, 6.07) is 0.735. The van der Waals surface area contributed by atoms with Crippen LogP contribution in [0.15, 0.2) is 12.2 Å². The first-order valence-electron chi connectivity index (χ1n) is 4.52. The summed E-state index contributed by atoms with van der Waals surface area (Å²) in [6.45, 7) is 1.24. The topological polar surface area (TPSA) is 69.6 Å². The zero-order valence-corrected chi connectivity index (χ0v) is 7.44. The second-order valence-corrected chi connectivity index (χ2v) is 3.32. The second-order valence-electron chi connectivity index (χ2n) is 3.32. The fraction of sp³-hybridized carbons (Fsp3) is 0.667. The summed E-state index contributed by atoms with van der Waals surface area (Å²) in [7, 11) is 0. The zero-order valence-electron chi connectivity index (χ0n) is 7.44. The molecule has 3 N–H and O–H groups in total. The van der Waals surface area contributed by atoms with E-state index in [9.17, 15) is 0 Å². The van der Waals surface area contributed by atoms with Gasteiger partial charge in [-0.1, -0.05) is 12.2 Å². The van der Waals surface area contributed by atoms with Gasteiger partial charge in [0.05, 0.1) is 0 Å². The molecule has 2 atom stereocenters.